The van der Waals surface area contributed by atoms with Gasteiger partial charge in [-0.25, -0.2) is 9.37 Å². The van der Waals surface area contributed by atoms with Crippen LogP contribution in [0.3, 0.4) is 0 Å². The number of aromatic hydroxyl groups is 6. The van der Waals surface area contributed by atoms with Gasteiger partial charge in [-0.15, -0.1) is 20.5 Å². The molecule has 0 bridgehead atoms. The van der Waals surface area contributed by atoms with Crippen LogP contribution in [0.15, 0.2) is 154 Å². The van der Waals surface area contributed by atoms with Crippen molar-refractivity contribution in [2.75, 3.05) is 24.6 Å². The number of hydrogen-bond acceptors (Lipinski definition) is 18. The van der Waals surface area contributed by atoms with Crippen LogP contribution in [0.4, 0.5) is 39.8 Å². The van der Waals surface area contributed by atoms with Crippen LogP contribution in [0.5, 0.6) is 46.0 Å². The molecule has 0 spiro atoms. The van der Waals surface area contributed by atoms with E-state index in [1.54, 1.807) is 0 Å². The van der Waals surface area contributed by atoms with E-state index in [1.165, 1.54) is 57.6 Å². The Morgan fingerprint density at radius 1 is 0.616 bits per heavy atom. The van der Waals surface area contributed by atoms with Gasteiger partial charge in [-0.05, 0) is 125 Å². The van der Waals surface area contributed by atoms with Gasteiger partial charge in [0, 0.05) is 113 Å². The first kappa shape index (κ1) is 63.6. The summed E-state index contributed by atoms with van der Waals surface area (Å²) < 4.78 is 15.1. The quantitative estimate of drug-likeness (QED) is 0.0156. The predicted molar refractivity (Wildman–Crippen MR) is 323 cm³/mol. The van der Waals surface area contributed by atoms with Gasteiger partial charge in [0.25, 0.3) is 11.4 Å². The van der Waals surface area contributed by atoms with Crippen molar-refractivity contribution >= 4 is 62.5 Å². The summed E-state index contributed by atoms with van der Waals surface area (Å²) in [5.41, 5.74) is 8.62. The zero-order valence-electron chi connectivity index (χ0n) is 48.7. The fraction of sp³-hybridized carbons (Fsp3) is 0.250. The number of ether oxygens (including phenoxy) is 2. The average molecular weight is 1210 g/mol. The van der Waals surface area contributed by atoms with E-state index in [-0.39, 0.29) is 102 Å². The molecule has 3 aliphatic heterocycles. The minimum absolute atomic E-state index is 0. The number of unbranched alkanes of at least 4 members (excludes halogenated alkanes) is 1. The number of fused-ring (bicyclic) bond motifs is 4. The molecular weight excluding hydrogens is 1150 g/mol. The molecule has 0 fully saturated rings. The molecule has 86 heavy (non-hydrogen) atoms. The number of nitro groups is 2. The van der Waals surface area contributed by atoms with Crippen molar-refractivity contribution in [3.8, 4) is 46.0 Å². The van der Waals surface area contributed by atoms with Crippen LogP contribution in [0.1, 0.15) is 108 Å². The summed E-state index contributed by atoms with van der Waals surface area (Å²) in [6.07, 6.45) is 6.52. The van der Waals surface area contributed by atoms with Crippen molar-refractivity contribution in [1.29, 1.82) is 0 Å². The molecule has 447 valence electrons. The maximum atomic E-state index is 13.6. The van der Waals surface area contributed by atoms with E-state index < -0.39 is 9.85 Å². The van der Waals surface area contributed by atoms with Gasteiger partial charge < -0.3 is 45.0 Å². The summed E-state index contributed by atoms with van der Waals surface area (Å²) in [6, 6.07) is 30.8. The second-order valence-corrected chi connectivity index (χ2v) is 21.3. The Balaban J connectivity index is 0.000000213. The van der Waals surface area contributed by atoms with Crippen molar-refractivity contribution in [3.63, 3.8) is 0 Å². The van der Waals surface area contributed by atoms with E-state index in [1.807, 2.05) is 18.2 Å². The van der Waals surface area contributed by atoms with E-state index >= 15 is 0 Å². The molecule has 7 aromatic rings. The standard InChI is InChI=1S/C40H47N2O3.2C12H9N3O5.Co/c1-10-13-18-44-38(43)28-17-15-14-16-27(28)37-31-19-29-25(4)23-39(6,7)41(11-2)33(29)21-35(31)45-36-22-34-30(20-32(36)37)26(5)24-40(8,9)42(34)12-3;2*16-8-2-3-9(12(18)6-8)13-14-10-5-7(15(19)20)1-4-11(10)17;/h14-17,19-24H,10-13,18H2,1-9H3;2*1-6,16-18H;/q+1;;;. The molecule has 0 saturated heterocycles. The van der Waals surface area contributed by atoms with Gasteiger partial charge in [-0.2, -0.15) is 0 Å². The number of rotatable bonds is 13. The first-order valence-electron chi connectivity index (χ1n) is 27.3. The maximum Gasteiger partial charge on any atom is 0.338 e. The molecular formula is C64H65CoN8O13+. The molecule has 3 heterocycles. The Hall–Kier alpha value is -9.93. The van der Waals surface area contributed by atoms with Crippen LogP contribution >= 0.6 is 0 Å². The number of benzene rings is 7. The number of allylic oxidation sites excluding steroid dienone is 2. The number of anilines is 1. The van der Waals surface area contributed by atoms with Crippen LogP contribution in [0.2, 0.25) is 0 Å². The van der Waals surface area contributed by atoms with Crippen molar-refractivity contribution < 1.29 is 71.5 Å². The van der Waals surface area contributed by atoms with Crippen LogP contribution in [-0.4, -0.2) is 77.2 Å². The Morgan fingerprint density at radius 3 is 1.69 bits per heavy atom. The normalized spacial score (nSPS) is 14.1. The van der Waals surface area contributed by atoms with E-state index in [2.05, 4.69) is 135 Å². The SMILES string of the molecule is CCCCOC(=O)c1ccccc1C1=c2cc3c(cc2Oc2cc4c(cc21)C(C)=CC(C)(C)N4CC)=[N+](CC)C(C)(C)C=C3C.O=[N+]([O-])c1ccc(O)c(N=Nc2ccc(O)cc2O)c1.O=[N+]([O-])c1ccc(O)c(N=Nc2ccc(O)cc2O)c1.[Co]. The number of azo groups is 2. The molecule has 6 N–H and O–H groups in total. The molecule has 0 saturated carbocycles. The van der Waals surface area contributed by atoms with Crippen molar-refractivity contribution in [3.05, 3.63) is 192 Å². The molecule has 0 aromatic heterocycles. The van der Waals surface area contributed by atoms with E-state index in [4.69, 9.17) is 19.7 Å². The van der Waals surface area contributed by atoms with Crippen LogP contribution in [0.25, 0.3) is 16.7 Å². The van der Waals surface area contributed by atoms with E-state index in [0.29, 0.717) is 12.2 Å². The zero-order valence-corrected chi connectivity index (χ0v) is 49.7. The minimum atomic E-state index is -0.628. The van der Waals surface area contributed by atoms with Gasteiger partial charge in [-0.3, -0.25) is 20.2 Å². The average Bonchev–Trinajstić information content (AvgIpc) is 0.741. The molecule has 0 unspecified atom stereocenters. The number of carbonyl (C=O) groups is 1. The van der Waals surface area contributed by atoms with Crippen molar-refractivity contribution in [2.24, 2.45) is 20.5 Å². The zero-order chi connectivity index (χ0) is 61.7. The Kier molecular flexibility index (Phi) is 19.5. The monoisotopic (exact) mass is 1210 g/mol. The van der Waals surface area contributed by atoms with E-state index in [9.17, 15) is 45.4 Å². The topological polar surface area (TPSA) is 299 Å². The molecule has 0 atom stereocenters. The first-order valence-corrected chi connectivity index (χ1v) is 27.3. The molecule has 7 aromatic carbocycles. The summed E-state index contributed by atoms with van der Waals surface area (Å²) in [4.78, 5) is 36.0. The van der Waals surface area contributed by atoms with Crippen LogP contribution in [0, 0.1) is 20.2 Å². The van der Waals surface area contributed by atoms with Gasteiger partial charge in [0.15, 0.2) is 5.54 Å². The number of nitrogens with zero attached hydrogens (tertiary/aromatic N) is 8. The van der Waals surface area contributed by atoms with Gasteiger partial charge in [0.05, 0.1) is 33.6 Å². The third-order valence-corrected chi connectivity index (χ3v) is 14.5. The molecule has 21 nitrogen and oxygen atoms in total. The number of phenols is 6. The Morgan fingerprint density at radius 2 is 1.16 bits per heavy atom. The second kappa shape index (κ2) is 26.3. The second-order valence-electron chi connectivity index (χ2n) is 21.3. The fourth-order valence-corrected chi connectivity index (χ4v) is 10.6. The number of phenolic OH excluding ortho intramolecular Hbond substituents is 6. The number of non-ortho nitro benzene ring substituents is 2. The fourth-order valence-electron chi connectivity index (χ4n) is 10.6. The van der Waals surface area contributed by atoms with E-state index in [0.717, 1.165) is 108 Å². The number of carbonyl (C=O) groups excluding carboxylic acids is 1. The summed E-state index contributed by atoms with van der Waals surface area (Å²) in [6.45, 7) is 22.1. The third kappa shape index (κ3) is 13.7. The summed E-state index contributed by atoms with van der Waals surface area (Å²) in [7, 11) is 0. The summed E-state index contributed by atoms with van der Waals surface area (Å²) in [5.74, 6) is -0.131. The van der Waals surface area contributed by atoms with Crippen LogP contribution in [-0.2, 0) is 21.5 Å². The maximum absolute atomic E-state index is 13.6. The van der Waals surface area contributed by atoms with Crippen LogP contribution < -0.4 is 24.8 Å². The first-order chi connectivity index (χ1) is 40.3. The number of hydrogen-bond donors (Lipinski definition) is 6. The predicted octanol–water partition coefficient (Wildman–Crippen LogP) is 14.0. The molecule has 3 aliphatic rings. The number of likely N-dealkylation sites (N-methyl/N-ethyl adjacent to an activating group) is 2. The number of nitro benzene ring substituents is 2. The number of esters is 1. The van der Waals surface area contributed by atoms with Crippen molar-refractivity contribution in [2.45, 2.75) is 86.2 Å². The van der Waals surface area contributed by atoms with Gasteiger partial charge >= 0.3 is 5.97 Å². The van der Waals surface area contributed by atoms with Gasteiger partial charge in [-0.1, -0.05) is 37.6 Å². The van der Waals surface area contributed by atoms with Gasteiger partial charge in [0.1, 0.15) is 75.3 Å². The summed E-state index contributed by atoms with van der Waals surface area (Å²) in [5, 5.41) is 94.3. The van der Waals surface area contributed by atoms with Crippen molar-refractivity contribution in [1.82, 2.24) is 4.58 Å². The minimum Gasteiger partial charge on any atom is -0.508 e. The summed E-state index contributed by atoms with van der Waals surface area (Å²) >= 11 is 0. The molecule has 10 rings (SSSR count). The molecule has 22 heteroatoms. The molecule has 0 aliphatic carbocycles. The Bertz CT molecular complexity index is 3960. The smallest absolute Gasteiger partial charge is 0.338 e. The largest absolute Gasteiger partial charge is 0.508 e. The van der Waals surface area contributed by atoms with Gasteiger partial charge in [0.2, 0.25) is 5.36 Å². The third-order valence-electron chi connectivity index (χ3n) is 14.5. The molecule has 1 radical (unpaired) electrons. The molecule has 0 amide bonds. The Labute approximate surface area is 505 Å².